The van der Waals surface area contributed by atoms with Crippen molar-refractivity contribution >= 4 is 34.8 Å². The van der Waals surface area contributed by atoms with Gasteiger partial charge in [-0.3, -0.25) is 14.3 Å². The molecule has 6 nitrogen and oxygen atoms in total. The van der Waals surface area contributed by atoms with Gasteiger partial charge < -0.3 is 10.2 Å². The molecule has 0 saturated carbocycles. The van der Waals surface area contributed by atoms with E-state index in [1.165, 1.54) is 0 Å². The first-order valence-electron chi connectivity index (χ1n) is 8.62. The molecule has 138 valence electrons. The molecule has 0 atom stereocenters. The van der Waals surface area contributed by atoms with E-state index in [-0.39, 0.29) is 17.2 Å². The molecule has 3 rings (SSSR count). The molecule has 0 spiro atoms. The van der Waals surface area contributed by atoms with Crippen molar-refractivity contribution in [2.45, 2.75) is 39.0 Å². The first kappa shape index (κ1) is 18.5. The maximum absolute atomic E-state index is 12.7. The van der Waals surface area contributed by atoms with Crippen LogP contribution in [-0.4, -0.2) is 28.1 Å². The number of aryl methyl sites for hydroxylation is 1. The Kier molecular flexibility index (Phi) is 4.80. The fourth-order valence-corrected chi connectivity index (χ4v) is 3.10. The SMILES string of the molecule is Cn1nc(C(C)(C)C)cc1C(=O)Nc1cc(N2CCCC2=O)ccc1Cl. The molecule has 0 bridgehead atoms. The lowest BCUT2D eigenvalue weighted by atomic mass is 9.92. The van der Waals surface area contributed by atoms with Crippen molar-refractivity contribution in [2.24, 2.45) is 7.05 Å². The molecule has 0 unspecified atom stereocenters. The Balaban J connectivity index is 1.86. The van der Waals surface area contributed by atoms with Crippen LogP contribution in [0, 0.1) is 0 Å². The van der Waals surface area contributed by atoms with Crippen LogP contribution in [0.5, 0.6) is 0 Å². The summed E-state index contributed by atoms with van der Waals surface area (Å²) in [5, 5.41) is 7.69. The molecule has 2 aromatic rings. The van der Waals surface area contributed by atoms with Crippen molar-refractivity contribution in [3.8, 4) is 0 Å². The highest BCUT2D eigenvalue weighted by Gasteiger charge is 2.24. The minimum atomic E-state index is -0.290. The van der Waals surface area contributed by atoms with Crippen LogP contribution in [0.15, 0.2) is 24.3 Å². The van der Waals surface area contributed by atoms with E-state index in [1.54, 1.807) is 40.9 Å². The topological polar surface area (TPSA) is 67.2 Å². The van der Waals surface area contributed by atoms with E-state index >= 15 is 0 Å². The van der Waals surface area contributed by atoms with Gasteiger partial charge >= 0.3 is 0 Å². The second kappa shape index (κ2) is 6.76. The summed E-state index contributed by atoms with van der Waals surface area (Å²) >= 11 is 6.25. The number of nitrogens with one attached hydrogen (secondary N) is 1. The van der Waals surface area contributed by atoms with Gasteiger partial charge in [0.1, 0.15) is 5.69 Å². The summed E-state index contributed by atoms with van der Waals surface area (Å²) in [7, 11) is 1.74. The summed E-state index contributed by atoms with van der Waals surface area (Å²) in [6, 6.07) is 7.02. The smallest absolute Gasteiger partial charge is 0.273 e. The molecule has 1 aliphatic rings. The summed E-state index contributed by atoms with van der Waals surface area (Å²) in [5.41, 5.74) is 2.37. The van der Waals surface area contributed by atoms with E-state index in [1.807, 2.05) is 20.8 Å². The third kappa shape index (κ3) is 3.60. The first-order valence-corrected chi connectivity index (χ1v) is 9.00. The van der Waals surface area contributed by atoms with Gasteiger partial charge in [0.25, 0.3) is 5.91 Å². The lowest BCUT2D eigenvalue weighted by Crippen LogP contribution is -2.24. The van der Waals surface area contributed by atoms with Crippen molar-refractivity contribution in [1.29, 1.82) is 0 Å². The van der Waals surface area contributed by atoms with Crippen molar-refractivity contribution in [3.63, 3.8) is 0 Å². The number of nitrogens with zero attached hydrogens (tertiary/aromatic N) is 3. The number of aromatic nitrogens is 2. The maximum Gasteiger partial charge on any atom is 0.273 e. The molecule has 1 aromatic carbocycles. The highest BCUT2D eigenvalue weighted by Crippen LogP contribution is 2.30. The van der Waals surface area contributed by atoms with Crippen LogP contribution in [0.25, 0.3) is 0 Å². The zero-order valence-corrected chi connectivity index (χ0v) is 16.2. The number of carbonyl (C=O) groups is 2. The molecule has 1 aliphatic heterocycles. The monoisotopic (exact) mass is 374 g/mol. The van der Waals surface area contributed by atoms with Crippen molar-refractivity contribution < 1.29 is 9.59 Å². The third-order valence-electron chi connectivity index (χ3n) is 4.46. The Bertz CT molecular complexity index is 867. The molecule has 0 aliphatic carbocycles. The van der Waals surface area contributed by atoms with E-state index < -0.39 is 0 Å². The van der Waals surface area contributed by atoms with Gasteiger partial charge in [-0.2, -0.15) is 5.10 Å². The number of anilines is 2. The van der Waals surface area contributed by atoms with Crippen LogP contribution in [0.3, 0.4) is 0 Å². The Morgan fingerprint density at radius 2 is 2.00 bits per heavy atom. The van der Waals surface area contributed by atoms with Gasteiger partial charge in [-0.1, -0.05) is 32.4 Å². The van der Waals surface area contributed by atoms with Gasteiger partial charge in [-0.15, -0.1) is 0 Å². The fraction of sp³-hybridized carbons (Fsp3) is 0.421. The number of amides is 2. The molecule has 26 heavy (non-hydrogen) atoms. The number of halogens is 1. The van der Waals surface area contributed by atoms with Crippen LogP contribution >= 0.6 is 11.6 Å². The summed E-state index contributed by atoms with van der Waals surface area (Å²) in [5.74, 6) is -0.201. The largest absolute Gasteiger partial charge is 0.319 e. The summed E-state index contributed by atoms with van der Waals surface area (Å²) in [4.78, 5) is 26.4. The minimum absolute atomic E-state index is 0.0889. The summed E-state index contributed by atoms with van der Waals surface area (Å²) in [6.45, 7) is 6.82. The molecular formula is C19H23ClN4O2. The van der Waals surface area contributed by atoms with Crippen molar-refractivity contribution in [2.75, 3.05) is 16.8 Å². The van der Waals surface area contributed by atoms with Crippen LogP contribution in [0.2, 0.25) is 5.02 Å². The molecule has 1 N–H and O–H groups in total. The lowest BCUT2D eigenvalue weighted by molar-refractivity contribution is -0.117. The number of carbonyl (C=O) groups excluding carboxylic acids is 2. The molecule has 7 heteroatoms. The quantitative estimate of drug-likeness (QED) is 0.889. The van der Waals surface area contributed by atoms with Gasteiger partial charge in [-0.25, -0.2) is 0 Å². The molecule has 1 saturated heterocycles. The summed E-state index contributed by atoms with van der Waals surface area (Å²) < 4.78 is 1.57. The highest BCUT2D eigenvalue weighted by atomic mass is 35.5. The van der Waals surface area contributed by atoms with Crippen LogP contribution in [-0.2, 0) is 17.3 Å². The maximum atomic E-state index is 12.7. The van der Waals surface area contributed by atoms with Gasteiger partial charge in [-0.05, 0) is 30.7 Å². The number of benzene rings is 1. The zero-order valence-electron chi connectivity index (χ0n) is 15.5. The lowest BCUT2D eigenvalue weighted by Gasteiger charge is -2.17. The Morgan fingerprint density at radius 3 is 2.58 bits per heavy atom. The molecule has 0 radical (unpaired) electrons. The molecule has 2 amide bonds. The Labute approximate surface area is 158 Å². The van der Waals surface area contributed by atoms with Gasteiger partial charge in [0, 0.05) is 31.1 Å². The van der Waals surface area contributed by atoms with E-state index in [0.29, 0.717) is 29.4 Å². The molecule has 1 aromatic heterocycles. The zero-order chi connectivity index (χ0) is 19.1. The van der Waals surface area contributed by atoms with E-state index in [0.717, 1.165) is 17.8 Å². The fourth-order valence-electron chi connectivity index (χ4n) is 2.93. The summed E-state index contributed by atoms with van der Waals surface area (Å²) in [6.07, 6.45) is 1.39. The number of hydrogen-bond acceptors (Lipinski definition) is 3. The molecular weight excluding hydrogens is 352 g/mol. The van der Waals surface area contributed by atoms with Crippen LogP contribution in [0.1, 0.15) is 49.8 Å². The Hall–Kier alpha value is -2.34. The minimum Gasteiger partial charge on any atom is -0.319 e. The van der Waals surface area contributed by atoms with Gasteiger partial charge in [0.05, 0.1) is 16.4 Å². The average Bonchev–Trinajstić information content (AvgIpc) is 3.15. The molecule has 1 fully saturated rings. The van der Waals surface area contributed by atoms with Crippen LogP contribution in [0.4, 0.5) is 11.4 Å². The van der Waals surface area contributed by atoms with E-state index in [9.17, 15) is 9.59 Å². The third-order valence-corrected chi connectivity index (χ3v) is 4.79. The normalized spacial score (nSPS) is 14.8. The highest BCUT2D eigenvalue weighted by molar-refractivity contribution is 6.34. The van der Waals surface area contributed by atoms with Gasteiger partial charge in [0.2, 0.25) is 5.91 Å². The predicted octanol–water partition coefficient (Wildman–Crippen LogP) is 3.75. The Morgan fingerprint density at radius 1 is 1.27 bits per heavy atom. The second-order valence-corrected chi connectivity index (χ2v) is 7.96. The van der Waals surface area contributed by atoms with Crippen LogP contribution < -0.4 is 10.2 Å². The predicted molar refractivity (Wildman–Crippen MR) is 103 cm³/mol. The first-order chi connectivity index (χ1) is 12.2. The molecule has 2 heterocycles. The standard InChI is InChI=1S/C19H23ClN4O2/c1-19(2,3)16-11-15(23(4)22-16)18(26)21-14-10-12(7-8-13(14)20)24-9-5-6-17(24)25/h7-8,10-11H,5-6,9H2,1-4H3,(H,21,26). The average molecular weight is 375 g/mol. The second-order valence-electron chi connectivity index (χ2n) is 7.56. The van der Waals surface area contributed by atoms with Gasteiger partial charge in [0.15, 0.2) is 0 Å². The number of hydrogen-bond donors (Lipinski definition) is 1. The number of rotatable bonds is 3. The van der Waals surface area contributed by atoms with E-state index in [4.69, 9.17) is 11.6 Å². The van der Waals surface area contributed by atoms with Crippen molar-refractivity contribution in [1.82, 2.24) is 9.78 Å². The van der Waals surface area contributed by atoms with Crippen molar-refractivity contribution in [3.05, 3.63) is 40.7 Å². The van der Waals surface area contributed by atoms with E-state index in [2.05, 4.69) is 10.4 Å².